The van der Waals surface area contributed by atoms with E-state index in [0.717, 1.165) is 0 Å². The van der Waals surface area contributed by atoms with E-state index in [0.29, 0.717) is 26.2 Å². The predicted octanol–water partition coefficient (Wildman–Crippen LogP) is 2.31. The van der Waals surface area contributed by atoms with Crippen LogP contribution in [0.15, 0.2) is 35.0 Å². The average molecular weight is 310 g/mol. The lowest BCUT2D eigenvalue weighted by molar-refractivity contribution is -0.137. The maximum absolute atomic E-state index is 12.2. The van der Waals surface area contributed by atoms with Crippen LogP contribution in [0.25, 0.3) is 0 Å². The summed E-state index contributed by atoms with van der Waals surface area (Å²) in [4.78, 5) is 16.4. The van der Waals surface area contributed by atoms with E-state index in [-0.39, 0.29) is 12.5 Å². The van der Waals surface area contributed by atoms with E-state index in [1.54, 1.807) is 22.7 Å². The molecule has 108 valence electrons. The summed E-state index contributed by atoms with van der Waals surface area (Å²) in [5.41, 5.74) is 5.36. The summed E-state index contributed by atoms with van der Waals surface area (Å²) in [6, 6.07) is 8.08. The number of nitrogens with two attached hydrogens (primary N) is 1. The van der Waals surface area contributed by atoms with Crippen LogP contribution in [0.1, 0.15) is 9.75 Å². The van der Waals surface area contributed by atoms with Gasteiger partial charge in [0.05, 0.1) is 19.7 Å². The summed E-state index contributed by atoms with van der Waals surface area (Å²) in [6.07, 6.45) is 0. The Balaban J connectivity index is 1.97. The third kappa shape index (κ3) is 4.72. The van der Waals surface area contributed by atoms with Gasteiger partial charge in [-0.25, -0.2) is 0 Å². The largest absolute Gasteiger partial charge is 0.370 e. The Hall–Kier alpha value is -1.21. The molecule has 0 saturated carbocycles. The molecule has 0 radical (unpaired) electrons. The lowest BCUT2D eigenvalue weighted by Gasteiger charge is -2.21. The van der Waals surface area contributed by atoms with E-state index in [2.05, 4.69) is 0 Å². The Bertz CT molecular complexity index is 461. The van der Waals surface area contributed by atoms with Crippen molar-refractivity contribution in [3.63, 3.8) is 0 Å². The molecule has 0 aliphatic rings. The highest BCUT2D eigenvalue weighted by Gasteiger charge is 2.15. The molecule has 2 heterocycles. The van der Waals surface area contributed by atoms with Gasteiger partial charge in [-0.2, -0.15) is 0 Å². The number of nitrogens with zero attached hydrogens (tertiary/aromatic N) is 1. The molecule has 0 bridgehead atoms. The molecule has 2 aromatic heterocycles. The number of rotatable bonds is 8. The number of hydrogen-bond acceptors (Lipinski definition) is 5. The van der Waals surface area contributed by atoms with Gasteiger partial charge in [0.25, 0.3) is 0 Å². The summed E-state index contributed by atoms with van der Waals surface area (Å²) >= 11 is 3.32. The van der Waals surface area contributed by atoms with Crippen molar-refractivity contribution in [2.24, 2.45) is 5.73 Å². The van der Waals surface area contributed by atoms with Gasteiger partial charge in [0.2, 0.25) is 5.91 Å². The van der Waals surface area contributed by atoms with Crippen LogP contribution >= 0.6 is 22.7 Å². The van der Waals surface area contributed by atoms with Crippen molar-refractivity contribution in [2.75, 3.05) is 19.8 Å². The molecule has 6 heteroatoms. The molecule has 2 N–H and O–H groups in total. The zero-order chi connectivity index (χ0) is 14.2. The maximum atomic E-state index is 12.2. The van der Waals surface area contributed by atoms with E-state index >= 15 is 0 Å². The lowest BCUT2D eigenvalue weighted by atomic mass is 10.3. The second kappa shape index (κ2) is 8.16. The third-order valence-corrected chi connectivity index (χ3v) is 4.42. The van der Waals surface area contributed by atoms with E-state index in [1.165, 1.54) is 9.75 Å². The van der Waals surface area contributed by atoms with Crippen LogP contribution in [-0.4, -0.2) is 30.6 Å². The summed E-state index contributed by atoms with van der Waals surface area (Å²) in [7, 11) is 0. The summed E-state index contributed by atoms with van der Waals surface area (Å²) in [6.45, 7) is 2.19. The fourth-order valence-corrected chi connectivity index (χ4v) is 3.19. The van der Waals surface area contributed by atoms with Crippen LogP contribution in [0.2, 0.25) is 0 Å². The molecule has 2 aromatic rings. The second-order valence-corrected chi connectivity index (χ2v) is 6.31. The van der Waals surface area contributed by atoms with Gasteiger partial charge in [-0.3, -0.25) is 4.79 Å². The molecular weight excluding hydrogens is 292 g/mol. The minimum atomic E-state index is 0.000231. The van der Waals surface area contributed by atoms with Gasteiger partial charge in [-0.05, 0) is 22.9 Å². The number of carbonyl (C=O) groups is 1. The number of hydrogen-bond donors (Lipinski definition) is 1. The SMILES string of the molecule is NCCOCC(=O)N(Cc1cccs1)Cc1cccs1. The molecule has 0 aromatic carbocycles. The number of amides is 1. The van der Waals surface area contributed by atoms with Gasteiger partial charge in [-0.1, -0.05) is 12.1 Å². The number of carbonyl (C=O) groups excluding carboxylic acids is 1. The first kappa shape index (κ1) is 15.2. The third-order valence-electron chi connectivity index (χ3n) is 2.69. The van der Waals surface area contributed by atoms with Crippen molar-refractivity contribution in [2.45, 2.75) is 13.1 Å². The maximum Gasteiger partial charge on any atom is 0.249 e. The Morgan fingerprint density at radius 1 is 1.15 bits per heavy atom. The van der Waals surface area contributed by atoms with Crippen LogP contribution in [0.3, 0.4) is 0 Å². The number of ether oxygens (including phenoxy) is 1. The molecule has 0 aliphatic carbocycles. The van der Waals surface area contributed by atoms with Crippen molar-refractivity contribution in [3.8, 4) is 0 Å². The van der Waals surface area contributed by atoms with Crippen molar-refractivity contribution in [1.82, 2.24) is 4.90 Å². The van der Waals surface area contributed by atoms with Crippen LogP contribution in [0.5, 0.6) is 0 Å². The Morgan fingerprint density at radius 3 is 2.20 bits per heavy atom. The molecule has 1 amide bonds. The molecule has 0 unspecified atom stereocenters. The van der Waals surface area contributed by atoms with Crippen LogP contribution in [-0.2, 0) is 22.6 Å². The van der Waals surface area contributed by atoms with E-state index in [1.807, 2.05) is 39.9 Å². The topological polar surface area (TPSA) is 55.6 Å². The first-order chi connectivity index (χ1) is 9.79. The Labute approximate surface area is 126 Å². The first-order valence-corrected chi connectivity index (χ1v) is 8.16. The van der Waals surface area contributed by atoms with Crippen LogP contribution in [0, 0.1) is 0 Å². The smallest absolute Gasteiger partial charge is 0.249 e. The van der Waals surface area contributed by atoms with Crippen molar-refractivity contribution in [1.29, 1.82) is 0 Å². The molecule has 0 aliphatic heterocycles. The molecule has 0 fully saturated rings. The fraction of sp³-hybridized carbons (Fsp3) is 0.357. The zero-order valence-electron chi connectivity index (χ0n) is 11.2. The molecule has 0 spiro atoms. The minimum Gasteiger partial charge on any atom is -0.370 e. The zero-order valence-corrected chi connectivity index (χ0v) is 12.8. The highest BCUT2D eigenvalue weighted by molar-refractivity contribution is 7.10. The number of thiophene rings is 2. The van der Waals surface area contributed by atoms with Gasteiger partial charge >= 0.3 is 0 Å². The lowest BCUT2D eigenvalue weighted by Crippen LogP contribution is -2.33. The van der Waals surface area contributed by atoms with Gasteiger partial charge in [0.15, 0.2) is 0 Å². The van der Waals surface area contributed by atoms with Crippen molar-refractivity contribution in [3.05, 3.63) is 44.8 Å². The monoisotopic (exact) mass is 310 g/mol. The quantitative estimate of drug-likeness (QED) is 0.761. The highest BCUT2D eigenvalue weighted by Crippen LogP contribution is 2.17. The average Bonchev–Trinajstić information content (AvgIpc) is 3.11. The molecule has 0 atom stereocenters. The van der Waals surface area contributed by atoms with E-state index < -0.39 is 0 Å². The summed E-state index contributed by atoms with van der Waals surface area (Å²) in [5.74, 6) is 0.000231. The van der Waals surface area contributed by atoms with E-state index in [4.69, 9.17) is 10.5 Å². The van der Waals surface area contributed by atoms with Gasteiger partial charge in [0, 0.05) is 16.3 Å². The predicted molar refractivity (Wildman–Crippen MR) is 82.8 cm³/mol. The summed E-state index contributed by atoms with van der Waals surface area (Å²) < 4.78 is 5.25. The van der Waals surface area contributed by atoms with Crippen molar-refractivity contribution < 1.29 is 9.53 Å². The van der Waals surface area contributed by atoms with Gasteiger partial charge in [0.1, 0.15) is 6.61 Å². The fourth-order valence-electron chi connectivity index (χ4n) is 1.75. The minimum absolute atomic E-state index is 0.000231. The first-order valence-electron chi connectivity index (χ1n) is 6.40. The second-order valence-electron chi connectivity index (χ2n) is 4.25. The van der Waals surface area contributed by atoms with Gasteiger partial charge < -0.3 is 15.4 Å². The highest BCUT2D eigenvalue weighted by atomic mass is 32.1. The molecule has 0 saturated heterocycles. The standard InChI is InChI=1S/C14H18N2O2S2/c15-5-6-18-11-14(17)16(9-12-3-1-7-19-12)10-13-4-2-8-20-13/h1-4,7-8H,5-6,9-11,15H2. The summed E-state index contributed by atoms with van der Waals surface area (Å²) in [5, 5.41) is 4.04. The van der Waals surface area contributed by atoms with Crippen LogP contribution < -0.4 is 5.73 Å². The van der Waals surface area contributed by atoms with Gasteiger partial charge in [-0.15, -0.1) is 22.7 Å². The molecule has 2 rings (SSSR count). The Morgan fingerprint density at radius 2 is 1.75 bits per heavy atom. The van der Waals surface area contributed by atoms with Crippen molar-refractivity contribution >= 4 is 28.6 Å². The molecule has 4 nitrogen and oxygen atoms in total. The normalized spacial score (nSPS) is 10.7. The molecule has 20 heavy (non-hydrogen) atoms. The molecular formula is C14H18N2O2S2. The van der Waals surface area contributed by atoms with E-state index in [9.17, 15) is 4.79 Å². The Kier molecular flexibility index (Phi) is 6.20. The van der Waals surface area contributed by atoms with Crippen LogP contribution in [0.4, 0.5) is 0 Å².